The smallest absolute Gasteiger partial charge is 0.316 e. The monoisotopic (exact) mass is 540 g/mol. The minimum absolute atomic E-state index is 0.0291. The third-order valence-corrected chi connectivity index (χ3v) is 7.18. The van der Waals surface area contributed by atoms with E-state index >= 15 is 0 Å². The zero-order valence-electron chi connectivity index (χ0n) is 21.9. The highest BCUT2D eigenvalue weighted by Crippen LogP contribution is 2.41. The molecule has 12 nitrogen and oxygen atoms in total. The Hall–Kier alpha value is -0.480. The van der Waals surface area contributed by atoms with Gasteiger partial charge in [-0.15, -0.1) is 0 Å². The molecule has 37 heavy (non-hydrogen) atoms. The van der Waals surface area contributed by atoms with Crippen LogP contribution >= 0.6 is 0 Å². The topological polar surface area (TPSA) is 199 Å². The molecule has 0 spiro atoms. The van der Waals surface area contributed by atoms with Crippen molar-refractivity contribution in [2.75, 3.05) is 26.4 Å². The highest BCUT2D eigenvalue weighted by atomic mass is 16.9. The Morgan fingerprint density at radius 3 is 1.62 bits per heavy atom. The summed E-state index contributed by atoms with van der Waals surface area (Å²) in [6, 6.07) is 0. The van der Waals surface area contributed by atoms with E-state index in [1.807, 2.05) is 0 Å². The second-order valence-electron chi connectivity index (χ2n) is 10.1. The van der Waals surface area contributed by atoms with Crippen molar-refractivity contribution in [2.45, 2.75) is 132 Å². The van der Waals surface area contributed by atoms with Gasteiger partial charge in [0.2, 0.25) is 5.79 Å². The van der Waals surface area contributed by atoms with Crippen LogP contribution in [0, 0.1) is 0 Å². The molecule has 8 N–H and O–H groups in total. The molecule has 0 saturated carbocycles. The summed E-state index contributed by atoms with van der Waals surface area (Å²) in [6.45, 7) is -0.347. The molecule has 2 rings (SSSR count). The summed E-state index contributed by atoms with van der Waals surface area (Å²) in [6.07, 6.45) is 0.114. The number of ether oxygens (including phenoxy) is 4. The van der Waals surface area contributed by atoms with E-state index in [-0.39, 0.29) is 6.61 Å². The Morgan fingerprint density at radius 1 is 0.622 bits per heavy atom. The summed E-state index contributed by atoms with van der Waals surface area (Å²) in [5.41, 5.74) is 0. The second-order valence-corrected chi connectivity index (χ2v) is 10.1. The average Bonchev–Trinajstić information content (AvgIpc) is 3.14. The molecule has 2 aliphatic heterocycles. The van der Waals surface area contributed by atoms with Crippen LogP contribution in [0.5, 0.6) is 0 Å². The second kappa shape index (κ2) is 15.9. The van der Waals surface area contributed by atoms with Gasteiger partial charge in [-0.2, -0.15) is 0 Å². The predicted molar refractivity (Wildman–Crippen MR) is 130 cm³/mol. The first-order valence-corrected chi connectivity index (χ1v) is 13.6. The lowest BCUT2D eigenvalue weighted by Crippen LogP contribution is -2.70. The van der Waals surface area contributed by atoms with Gasteiger partial charge in [0.15, 0.2) is 6.10 Å². The first-order chi connectivity index (χ1) is 17.7. The van der Waals surface area contributed by atoms with E-state index in [0.29, 0.717) is 6.42 Å². The van der Waals surface area contributed by atoms with Gasteiger partial charge < -0.3 is 55.1 Å². The maximum absolute atomic E-state index is 10.8. The summed E-state index contributed by atoms with van der Waals surface area (Å²) in [5.74, 6) is -4.97. The molecule has 0 aromatic rings. The molecule has 12 heteroatoms. The van der Waals surface area contributed by atoms with Gasteiger partial charge in [-0.05, 0) is 6.42 Å². The average molecular weight is 541 g/mol. The van der Waals surface area contributed by atoms with E-state index in [0.717, 1.165) is 25.7 Å². The number of aliphatic hydroxyl groups is 8. The van der Waals surface area contributed by atoms with E-state index in [4.69, 9.17) is 18.9 Å². The van der Waals surface area contributed by atoms with E-state index in [1.54, 1.807) is 0 Å². The molecule has 0 amide bonds. The quantitative estimate of drug-likeness (QED) is 0.0801. The van der Waals surface area contributed by atoms with E-state index in [2.05, 4.69) is 6.92 Å². The molecule has 1 unspecified atom stereocenters. The summed E-state index contributed by atoms with van der Waals surface area (Å²) in [7, 11) is 0. The number of hydrogen-bond donors (Lipinski definition) is 8. The first-order valence-electron chi connectivity index (χ1n) is 13.6. The molecule has 0 aromatic carbocycles. The number of unbranched alkanes of at least 4 members (excludes halogenated alkanes) is 10. The fourth-order valence-corrected chi connectivity index (χ4v) is 4.82. The number of hydrogen-bond acceptors (Lipinski definition) is 12. The minimum Gasteiger partial charge on any atom is -0.394 e. The van der Waals surface area contributed by atoms with Crippen molar-refractivity contribution in [1.29, 1.82) is 0 Å². The molecular weight excluding hydrogens is 492 g/mol. The standard InChI is InChI=1S/C25H48O12/c1-2-3-4-5-6-7-8-9-10-11-12-13-34-25(23(33)21(31)19(29)17(14-26)36-25)37-24(16-28)22(32)20(30)18(15-27)35-24/h17-23,26-33H,2-16H2,1H3/t17-,18-,19-,20-,21+,22+,23-,24?,25-/m1/s1. The molecule has 0 bridgehead atoms. The Labute approximate surface area is 218 Å². The Kier molecular flexibility index (Phi) is 14.1. The molecule has 2 aliphatic rings. The van der Waals surface area contributed by atoms with Crippen molar-refractivity contribution in [2.24, 2.45) is 0 Å². The summed E-state index contributed by atoms with van der Waals surface area (Å²) >= 11 is 0. The molecular formula is C25H48O12. The number of aliphatic hydroxyl groups excluding tert-OH is 8. The molecule has 2 fully saturated rings. The zero-order chi connectivity index (χ0) is 27.5. The van der Waals surface area contributed by atoms with Gasteiger partial charge in [0.1, 0.15) is 43.2 Å². The normalized spacial score (nSPS) is 38.4. The summed E-state index contributed by atoms with van der Waals surface area (Å²) in [4.78, 5) is 0. The largest absolute Gasteiger partial charge is 0.394 e. The van der Waals surface area contributed by atoms with Crippen molar-refractivity contribution in [3.8, 4) is 0 Å². The molecule has 9 atom stereocenters. The van der Waals surface area contributed by atoms with Crippen LogP contribution in [0.2, 0.25) is 0 Å². The molecule has 2 saturated heterocycles. The lowest BCUT2D eigenvalue weighted by atomic mass is 9.97. The molecule has 0 aliphatic carbocycles. The van der Waals surface area contributed by atoms with Crippen molar-refractivity contribution in [3.63, 3.8) is 0 Å². The highest BCUT2D eigenvalue weighted by Gasteiger charge is 2.64. The molecule has 0 aromatic heterocycles. The lowest BCUT2D eigenvalue weighted by molar-refractivity contribution is -0.510. The first kappa shape index (κ1) is 32.7. The molecule has 2 heterocycles. The third kappa shape index (κ3) is 8.26. The van der Waals surface area contributed by atoms with Gasteiger partial charge in [0, 0.05) is 0 Å². The fourth-order valence-electron chi connectivity index (χ4n) is 4.82. The van der Waals surface area contributed by atoms with Crippen LogP contribution < -0.4 is 0 Å². The van der Waals surface area contributed by atoms with Gasteiger partial charge in [-0.25, -0.2) is 0 Å². The minimum atomic E-state index is -2.57. The molecule has 220 valence electrons. The van der Waals surface area contributed by atoms with Gasteiger partial charge >= 0.3 is 5.97 Å². The fraction of sp³-hybridized carbons (Fsp3) is 1.00. The Balaban J connectivity index is 1.99. The van der Waals surface area contributed by atoms with E-state index < -0.39 is 74.3 Å². The Morgan fingerprint density at radius 2 is 1.14 bits per heavy atom. The predicted octanol–water partition coefficient (Wildman–Crippen LogP) is -0.740. The Bertz CT molecular complexity index is 624. The maximum Gasteiger partial charge on any atom is 0.316 e. The van der Waals surface area contributed by atoms with Crippen LogP contribution in [0.1, 0.15) is 77.6 Å². The van der Waals surface area contributed by atoms with Crippen molar-refractivity contribution < 1.29 is 59.8 Å². The van der Waals surface area contributed by atoms with Gasteiger partial charge in [0.25, 0.3) is 0 Å². The van der Waals surface area contributed by atoms with Crippen molar-refractivity contribution >= 4 is 0 Å². The van der Waals surface area contributed by atoms with Crippen molar-refractivity contribution in [1.82, 2.24) is 0 Å². The van der Waals surface area contributed by atoms with Crippen molar-refractivity contribution in [3.05, 3.63) is 0 Å². The van der Waals surface area contributed by atoms with E-state index in [9.17, 15) is 40.9 Å². The van der Waals surface area contributed by atoms with Crippen LogP contribution in [-0.2, 0) is 18.9 Å². The highest BCUT2D eigenvalue weighted by molar-refractivity contribution is 5.00. The van der Waals surface area contributed by atoms with Crippen LogP contribution in [0.15, 0.2) is 0 Å². The van der Waals surface area contributed by atoms with Crippen LogP contribution in [0.25, 0.3) is 0 Å². The van der Waals surface area contributed by atoms with Crippen LogP contribution in [-0.4, -0.2) is 122 Å². The third-order valence-electron chi connectivity index (χ3n) is 7.18. The SMILES string of the molecule is CCCCCCCCCCCCCO[C@@]1(OC2(CO)O[C@H](CO)[C@@H](O)[C@@H]2O)O[C@H](CO)[C@@H](O)[C@H](O)[C@H]1O. The summed E-state index contributed by atoms with van der Waals surface area (Å²) < 4.78 is 22.4. The maximum atomic E-state index is 10.8. The van der Waals surface area contributed by atoms with Gasteiger partial charge in [-0.1, -0.05) is 71.1 Å². The van der Waals surface area contributed by atoms with Crippen LogP contribution in [0.3, 0.4) is 0 Å². The van der Waals surface area contributed by atoms with E-state index in [1.165, 1.54) is 38.5 Å². The lowest BCUT2D eigenvalue weighted by Gasteiger charge is -2.50. The molecule has 0 radical (unpaired) electrons. The van der Waals surface area contributed by atoms with Gasteiger partial charge in [0.05, 0.1) is 19.8 Å². The summed E-state index contributed by atoms with van der Waals surface area (Å²) in [5, 5.41) is 81.2. The van der Waals surface area contributed by atoms with Crippen LogP contribution in [0.4, 0.5) is 0 Å². The number of rotatable bonds is 18. The zero-order valence-corrected chi connectivity index (χ0v) is 21.9. The van der Waals surface area contributed by atoms with Gasteiger partial charge in [-0.3, -0.25) is 4.74 Å².